The van der Waals surface area contributed by atoms with Crippen LogP contribution in [0.3, 0.4) is 0 Å². The highest BCUT2D eigenvalue weighted by Gasteiger charge is 2.38. The van der Waals surface area contributed by atoms with E-state index in [1.54, 1.807) is 19.1 Å². The minimum absolute atomic E-state index is 0.203. The molecule has 1 heterocycles. The zero-order valence-electron chi connectivity index (χ0n) is 14.6. The Labute approximate surface area is 152 Å². The van der Waals surface area contributed by atoms with E-state index in [2.05, 4.69) is 14.7 Å². The summed E-state index contributed by atoms with van der Waals surface area (Å²) in [5.41, 5.74) is 0.960. The number of benzene rings is 1. The van der Waals surface area contributed by atoms with E-state index in [0.29, 0.717) is 11.1 Å². The molecule has 144 valence electrons. The number of nitrogens with zero attached hydrogens (tertiary/aromatic N) is 3. The summed E-state index contributed by atoms with van der Waals surface area (Å²) in [5.74, 6) is -2.44. The van der Waals surface area contributed by atoms with Crippen molar-refractivity contribution in [2.24, 2.45) is 0 Å². The Kier molecular flexibility index (Phi) is 6.11. The van der Waals surface area contributed by atoms with Gasteiger partial charge < -0.3 is 4.52 Å². The molecular weight excluding hydrogens is 367 g/mol. The number of aromatic nitrogens is 2. The van der Waals surface area contributed by atoms with Crippen LogP contribution in [-0.2, 0) is 20.6 Å². The van der Waals surface area contributed by atoms with Crippen LogP contribution in [0.1, 0.15) is 31.3 Å². The summed E-state index contributed by atoms with van der Waals surface area (Å²) in [6.07, 6.45) is -2.50. The van der Waals surface area contributed by atoms with Gasteiger partial charge in [0, 0.05) is 11.6 Å². The summed E-state index contributed by atoms with van der Waals surface area (Å²) in [7, 11) is 1.31. The average Bonchev–Trinajstić information content (AvgIpc) is 3.11. The molecule has 7 nitrogen and oxygen atoms in total. The second-order valence-electron chi connectivity index (χ2n) is 5.51. The Hall–Kier alpha value is -3.01. The number of carbonyl (C=O) groups excluding carboxylic acids is 2. The maximum Gasteiger partial charge on any atom is 0.471 e. The third-order valence-corrected chi connectivity index (χ3v) is 3.55. The molecule has 0 aliphatic heterocycles. The fourth-order valence-electron chi connectivity index (χ4n) is 2.20. The van der Waals surface area contributed by atoms with Crippen molar-refractivity contribution in [1.82, 2.24) is 15.2 Å². The van der Waals surface area contributed by atoms with Crippen LogP contribution in [0.15, 0.2) is 40.9 Å². The Morgan fingerprint density at radius 1 is 1.22 bits per heavy atom. The molecule has 0 saturated heterocycles. The summed E-state index contributed by atoms with van der Waals surface area (Å²) < 4.78 is 41.8. The van der Waals surface area contributed by atoms with Crippen molar-refractivity contribution in [1.29, 1.82) is 0 Å². The largest absolute Gasteiger partial charge is 0.471 e. The highest BCUT2D eigenvalue weighted by Crippen LogP contribution is 2.30. The van der Waals surface area contributed by atoms with Gasteiger partial charge in [0.15, 0.2) is 5.78 Å². The summed E-state index contributed by atoms with van der Waals surface area (Å²) in [4.78, 5) is 31.4. The average molecular weight is 383 g/mol. The molecule has 0 N–H and O–H groups in total. The molecule has 2 aromatic rings. The topological polar surface area (TPSA) is 85.5 Å². The van der Waals surface area contributed by atoms with E-state index in [0.717, 1.165) is 17.2 Å². The van der Waals surface area contributed by atoms with Gasteiger partial charge in [0.25, 0.3) is 5.91 Å². The van der Waals surface area contributed by atoms with Crippen molar-refractivity contribution >= 4 is 11.7 Å². The van der Waals surface area contributed by atoms with Gasteiger partial charge in [0.2, 0.25) is 5.82 Å². The van der Waals surface area contributed by atoms with Crippen LogP contribution in [-0.4, -0.2) is 34.0 Å². The predicted molar refractivity (Wildman–Crippen MR) is 86.8 cm³/mol. The van der Waals surface area contributed by atoms with Crippen LogP contribution in [0.4, 0.5) is 13.2 Å². The smallest absolute Gasteiger partial charge is 0.329 e. The molecule has 1 atom stereocenters. The lowest BCUT2D eigenvalue weighted by molar-refractivity contribution is -0.182. The number of alkyl halides is 3. The Morgan fingerprint density at radius 2 is 1.85 bits per heavy atom. The fourth-order valence-corrected chi connectivity index (χ4v) is 2.20. The molecule has 27 heavy (non-hydrogen) atoms. The zero-order chi connectivity index (χ0) is 20.2. The number of carbonyl (C=O) groups is 2. The second-order valence-corrected chi connectivity index (χ2v) is 5.51. The van der Waals surface area contributed by atoms with Gasteiger partial charge in [-0.2, -0.15) is 18.2 Å². The molecule has 10 heteroatoms. The van der Waals surface area contributed by atoms with Crippen molar-refractivity contribution < 1.29 is 32.1 Å². The van der Waals surface area contributed by atoms with E-state index in [-0.39, 0.29) is 11.6 Å². The van der Waals surface area contributed by atoms with Gasteiger partial charge in [-0.3, -0.25) is 14.4 Å². The molecule has 1 unspecified atom stereocenters. The number of amides is 1. The summed E-state index contributed by atoms with van der Waals surface area (Å²) in [6.45, 7) is 3.00. The molecular formula is C17H16F3N3O4. The summed E-state index contributed by atoms with van der Waals surface area (Å²) >= 11 is 0. The lowest BCUT2D eigenvalue weighted by Gasteiger charge is -2.25. The lowest BCUT2D eigenvalue weighted by atomic mass is 10.1. The standard InChI is InChI=1S/C17H16F3N3O4/c1-10(24)4-9-14(25)23(26-3)11(2)12-5-7-13(8-6-12)15-21-16(27-22-15)17(18,19)20/h4-9,11H,1-3H3. The van der Waals surface area contributed by atoms with E-state index in [1.165, 1.54) is 26.2 Å². The summed E-state index contributed by atoms with van der Waals surface area (Å²) in [6, 6.07) is 5.67. The first-order valence-corrected chi connectivity index (χ1v) is 7.70. The zero-order valence-corrected chi connectivity index (χ0v) is 14.6. The highest BCUT2D eigenvalue weighted by atomic mass is 19.4. The monoisotopic (exact) mass is 383 g/mol. The van der Waals surface area contributed by atoms with Gasteiger partial charge in [-0.25, -0.2) is 5.06 Å². The second kappa shape index (κ2) is 8.12. The van der Waals surface area contributed by atoms with Crippen LogP contribution >= 0.6 is 0 Å². The molecule has 0 saturated carbocycles. The first-order chi connectivity index (χ1) is 12.6. The lowest BCUT2D eigenvalue weighted by Crippen LogP contribution is -2.31. The molecule has 0 spiro atoms. The van der Waals surface area contributed by atoms with Gasteiger partial charge in [0.05, 0.1) is 13.2 Å². The quantitative estimate of drug-likeness (QED) is 0.562. The highest BCUT2D eigenvalue weighted by molar-refractivity contribution is 5.96. The van der Waals surface area contributed by atoms with Crippen LogP contribution in [0.25, 0.3) is 11.4 Å². The molecule has 0 aliphatic rings. The molecule has 1 aromatic heterocycles. The first-order valence-electron chi connectivity index (χ1n) is 7.70. The van der Waals surface area contributed by atoms with Gasteiger partial charge in [-0.15, -0.1) is 0 Å². The predicted octanol–water partition coefficient (Wildman–Crippen LogP) is 3.35. The molecule has 0 bridgehead atoms. The maximum absolute atomic E-state index is 12.5. The van der Waals surface area contributed by atoms with Crippen LogP contribution in [0.5, 0.6) is 0 Å². The van der Waals surface area contributed by atoms with Crippen LogP contribution in [0, 0.1) is 0 Å². The van der Waals surface area contributed by atoms with Crippen LogP contribution < -0.4 is 0 Å². The van der Waals surface area contributed by atoms with Gasteiger partial charge in [-0.1, -0.05) is 29.4 Å². The van der Waals surface area contributed by atoms with E-state index in [4.69, 9.17) is 4.84 Å². The number of allylic oxidation sites excluding steroid dienone is 1. The molecule has 1 aromatic carbocycles. The van der Waals surface area contributed by atoms with E-state index in [9.17, 15) is 22.8 Å². The Bertz CT molecular complexity index is 844. The molecule has 0 radical (unpaired) electrons. The SMILES string of the molecule is CON(C(=O)C=CC(C)=O)C(C)c1ccc(-c2noc(C(F)(F)F)n2)cc1. The minimum atomic E-state index is -4.72. The molecule has 1 amide bonds. The minimum Gasteiger partial charge on any atom is -0.329 e. The van der Waals surface area contributed by atoms with E-state index < -0.39 is 24.0 Å². The van der Waals surface area contributed by atoms with Crippen molar-refractivity contribution in [2.75, 3.05) is 7.11 Å². The summed E-state index contributed by atoms with van der Waals surface area (Å²) in [5, 5.41) is 4.37. The molecule has 2 rings (SSSR count). The first kappa shape index (κ1) is 20.3. The molecule has 0 aliphatic carbocycles. The van der Waals surface area contributed by atoms with Crippen LogP contribution in [0.2, 0.25) is 0 Å². The Morgan fingerprint density at radius 3 is 2.33 bits per heavy atom. The van der Waals surface area contributed by atoms with Crippen molar-refractivity contribution in [2.45, 2.75) is 26.1 Å². The van der Waals surface area contributed by atoms with E-state index in [1.807, 2.05) is 0 Å². The molecule has 0 fully saturated rings. The normalized spacial score (nSPS) is 13.0. The number of rotatable bonds is 6. The maximum atomic E-state index is 12.5. The number of hydroxylamine groups is 2. The fraction of sp³-hybridized carbons (Fsp3) is 0.294. The van der Waals surface area contributed by atoms with Crippen molar-refractivity contribution in [3.63, 3.8) is 0 Å². The van der Waals surface area contributed by atoms with Crippen molar-refractivity contribution in [3.8, 4) is 11.4 Å². The number of hydrogen-bond acceptors (Lipinski definition) is 6. The van der Waals surface area contributed by atoms with Gasteiger partial charge >= 0.3 is 12.1 Å². The Balaban J connectivity index is 2.19. The third kappa shape index (κ3) is 5.00. The number of hydrogen-bond donors (Lipinski definition) is 0. The number of ketones is 1. The van der Waals surface area contributed by atoms with Gasteiger partial charge in [0.1, 0.15) is 0 Å². The van der Waals surface area contributed by atoms with Gasteiger partial charge in [-0.05, 0) is 25.5 Å². The third-order valence-electron chi connectivity index (χ3n) is 3.55. The van der Waals surface area contributed by atoms with Crippen molar-refractivity contribution in [3.05, 3.63) is 47.9 Å². The number of halogens is 3. The van der Waals surface area contributed by atoms with E-state index >= 15 is 0 Å².